The minimum Gasteiger partial charge on any atom is -0.336 e. The van der Waals surface area contributed by atoms with Crippen LogP contribution in [0.3, 0.4) is 0 Å². The summed E-state index contributed by atoms with van der Waals surface area (Å²) in [5.41, 5.74) is 0.718. The van der Waals surface area contributed by atoms with Crippen LogP contribution in [0.5, 0.6) is 0 Å². The van der Waals surface area contributed by atoms with Crippen molar-refractivity contribution in [3.05, 3.63) is 48.0 Å². The number of sulfone groups is 1. The number of piperazine rings is 1. The van der Waals surface area contributed by atoms with Crippen molar-refractivity contribution in [1.82, 2.24) is 9.80 Å². The molecule has 0 saturated carbocycles. The summed E-state index contributed by atoms with van der Waals surface area (Å²) in [6.45, 7) is 2.81. The fourth-order valence-corrected chi connectivity index (χ4v) is 5.62. The van der Waals surface area contributed by atoms with Gasteiger partial charge in [-0.15, -0.1) is 0 Å². The minimum absolute atomic E-state index is 0.0597. The molecule has 1 amide bonds. The van der Waals surface area contributed by atoms with Gasteiger partial charge in [-0.05, 0) is 29.3 Å². The molecule has 2 aromatic carbocycles. The average molecular weight is 358 g/mol. The van der Waals surface area contributed by atoms with Gasteiger partial charge < -0.3 is 4.90 Å². The molecule has 2 aliphatic rings. The highest BCUT2D eigenvalue weighted by atomic mass is 32.2. The topological polar surface area (TPSA) is 57.7 Å². The van der Waals surface area contributed by atoms with Gasteiger partial charge in [0.2, 0.25) is 0 Å². The van der Waals surface area contributed by atoms with Crippen molar-refractivity contribution in [1.29, 1.82) is 0 Å². The van der Waals surface area contributed by atoms with Crippen LogP contribution < -0.4 is 0 Å². The Morgan fingerprint density at radius 3 is 2.36 bits per heavy atom. The Morgan fingerprint density at radius 2 is 1.68 bits per heavy atom. The smallest absolute Gasteiger partial charge is 0.253 e. The molecule has 1 atom stereocenters. The molecule has 0 aliphatic carbocycles. The van der Waals surface area contributed by atoms with Crippen LogP contribution in [0.2, 0.25) is 0 Å². The number of hydrogen-bond acceptors (Lipinski definition) is 4. The van der Waals surface area contributed by atoms with E-state index in [1.807, 2.05) is 47.4 Å². The molecule has 2 aromatic rings. The predicted octanol–water partition coefficient (Wildman–Crippen LogP) is 1.78. The largest absolute Gasteiger partial charge is 0.336 e. The summed E-state index contributed by atoms with van der Waals surface area (Å²) in [6.07, 6.45) is 0.723. The molecule has 0 spiro atoms. The third-order valence-corrected chi connectivity index (χ3v) is 7.07. The van der Waals surface area contributed by atoms with Crippen molar-refractivity contribution in [2.24, 2.45) is 0 Å². The summed E-state index contributed by atoms with van der Waals surface area (Å²) in [4.78, 5) is 16.9. The van der Waals surface area contributed by atoms with Crippen molar-refractivity contribution in [3.8, 4) is 0 Å². The van der Waals surface area contributed by atoms with Crippen LogP contribution >= 0.6 is 0 Å². The SMILES string of the molecule is O=C(c1ccc2ccccc2c1)N1CCN(C2CCS(=O)(=O)C2)CC1. The zero-order valence-electron chi connectivity index (χ0n) is 14.1. The van der Waals surface area contributed by atoms with E-state index in [0.29, 0.717) is 18.8 Å². The average Bonchev–Trinajstić information content (AvgIpc) is 3.01. The van der Waals surface area contributed by atoms with Crippen LogP contribution in [0, 0.1) is 0 Å². The maximum absolute atomic E-state index is 12.8. The zero-order valence-corrected chi connectivity index (χ0v) is 14.9. The first-order valence-corrected chi connectivity index (χ1v) is 10.6. The van der Waals surface area contributed by atoms with Gasteiger partial charge in [0.15, 0.2) is 9.84 Å². The predicted molar refractivity (Wildman–Crippen MR) is 98.5 cm³/mol. The Balaban J connectivity index is 1.42. The Bertz CT molecular complexity index is 902. The summed E-state index contributed by atoms with van der Waals surface area (Å²) in [5.74, 6) is 0.629. The van der Waals surface area contributed by atoms with Gasteiger partial charge in [-0.25, -0.2) is 8.42 Å². The molecule has 2 heterocycles. The summed E-state index contributed by atoms with van der Waals surface area (Å²) < 4.78 is 23.3. The first-order valence-electron chi connectivity index (χ1n) is 8.74. The number of nitrogens with zero attached hydrogens (tertiary/aromatic N) is 2. The highest BCUT2D eigenvalue weighted by molar-refractivity contribution is 7.91. The molecule has 2 fully saturated rings. The summed E-state index contributed by atoms with van der Waals surface area (Å²) in [7, 11) is -2.86. The Labute approximate surface area is 148 Å². The van der Waals surface area contributed by atoms with Crippen LogP contribution in [0.4, 0.5) is 0 Å². The molecular formula is C19H22N2O3S. The fourth-order valence-electron chi connectivity index (χ4n) is 3.86. The second-order valence-corrected chi connectivity index (χ2v) is 9.18. The molecule has 25 heavy (non-hydrogen) atoms. The molecule has 0 bridgehead atoms. The summed E-state index contributed by atoms with van der Waals surface area (Å²) >= 11 is 0. The maximum Gasteiger partial charge on any atom is 0.253 e. The number of hydrogen-bond donors (Lipinski definition) is 0. The second kappa shape index (κ2) is 6.42. The summed E-state index contributed by atoms with van der Waals surface area (Å²) in [5, 5.41) is 2.20. The number of amides is 1. The molecule has 4 rings (SSSR count). The Morgan fingerprint density at radius 1 is 0.960 bits per heavy atom. The van der Waals surface area contributed by atoms with Gasteiger partial charge in [0.1, 0.15) is 0 Å². The highest BCUT2D eigenvalue weighted by Crippen LogP contribution is 2.21. The van der Waals surface area contributed by atoms with Crippen LogP contribution in [-0.2, 0) is 9.84 Å². The zero-order chi connectivity index (χ0) is 17.4. The lowest BCUT2D eigenvalue weighted by atomic mass is 10.1. The van der Waals surface area contributed by atoms with Gasteiger partial charge in [0.25, 0.3) is 5.91 Å². The van der Waals surface area contributed by atoms with Crippen molar-refractivity contribution in [3.63, 3.8) is 0 Å². The van der Waals surface area contributed by atoms with Gasteiger partial charge in [-0.2, -0.15) is 0 Å². The van der Waals surface area contributed by atoms with E-state index in [9.17, 15) is 13.2 Å². The first kappa shape index (κ1) is 16.5. The van der Waals surface area contributed by atoms with Gasteiger partial charge >= 0.3 is 0 Å². The summed E-state index contributed by atoms with van der Waals surface area (Å²) in [6, 6.07) is 14.0. The third-order valence-electron chi connectivity index (χ3n) is 5.32. The van der Waals surface area contributed by atoms with E-state index in [2.05, 4.69) is 4.90 Å². The van der Waals surface area contributed by atoms with E-state index in [0.717, 1.165) is 35.8 Å². The lowest BCUT2D eigenvalue weighted by Crippen LogP contribution is -2.52. The molecule has 0 aromatic heterocycles. The van der Waals surface area contributed by atoms with Crippen LogP contribution in [0.25, 0.3) is 10.8 Å². The van der Waals surface area contributed by atoms with Crippen LogP contribution in [-0.4, -0.2) is 67.9 Å². The van der Waals surface area contributed by atoms with Crippen molar-refractivity contribution >= 4 is 26.5 Å². The van der Waals surface area contributed by atoms with E-state index in [4.69, 9.17) is 0 Å². The molecule has 0 radical (unpaired) electrons. The van der Waals surface area contributed by atoms with E-state index in [1.165, 1.54) is 0 Å². The lowest BCUT2D eigenvalue weighted by Gasteiger charge is -2.37. The van der Waals surface area contributed by atoms with Crippen LogP contribution in [0.1, 0.15) is 16.8 Å². The Hall–Kier alpha value is -1.92. The van der Waals surface area contributed by atoms with Crippen molar-refractivity contribution < 1.29 is 13.2 Å². The number of fused-ring (bicyclic) bond motifs is 1. The van der Waals surface area contributed by atoms with E-state index >= 15 is 0 Å². The Kier molecular flexibility index (Phi) is 4.25. The molecular weight excluding hydrogens is 336 g/mol. The molecule has 2 aliphatic heterocycles. The number of carbonyl (C=O) groups excluding carboxylic acids is 1. The lowest BCUT2D eigenvalue weighted by molar-refractivity contribution is 0.0588. The normalized spacial score (nSPS) is 23.8. The van der Waals surface area contributed by atoms with Gasteiger partial charge in [0, 0.05) is 37.8 Å². The molecule has 5 nitrogen and oxygen atoms in total. The molecule has 1 unspecified atom stereocenters. The van der Waals surface area contributed by atoms with Crippen molar-refractivity contribution in [2.45, 2.75) is 12.5 Å². The highest BCUT2D eigenvalue weighted by Gasteiger charge is 2.34. The monoisotopic (exact) mass is 358 g/mol. The molecule has 2 saturated heterocycles. The van der Waals surface area contributed by atoms with E-state index in [-0.39, 0.29) is 17.7 Å². The standard InChI is InChI=1S/C19H22N2O3S/c22-19(17-6-5-15-3-1-2-4-16(15)13-17)21-10-8-20(9-11-21)18-7-12-25(23,24)14-18/h1-6,13,18H,7-12,14H2. The number of carbonyl (C=O) groups is 1. The number of benzene rings is 2. The van der Waals surface area contributed by atoms with Crippen LogP contribution in [0.15, 0.2) is 42.5 Å². The number of rotatable bonds is 2. The molecule has 6 heteroatoms. The molecule has 0 N–H and O–H groups in total. The quantitative estimate of drug-likeness (QED) is 0.821. The van der Waals surface area contributed by atoms with Crippen molar-refractivity contribution in [2.75, 3.05) is 37.7 Å². The minimum atomic E-state index is -2.86. The van der Waals surface area contributed by atoms with E-state index in [1.54, 1.807) is 0 Å². The fraction of sp³-hybridized carbons (Fsp3) is 0.421. The van der Waals surface area contributed by atoms with E-state index < -0.39 is 9.84 Å². The van der Waals surface area contributed by atoms with Gasteiger partial charge in [-0.1, -0.05) is 30.3 Å². The van der Waals surface area contributed by atoms with Gasteiger partial charge in [-0.3, -0.25) is 9.69 Å². The second-order valence-electron chi connectivity index (χ2n) is 6.95. The third kappa shape index (κ3) is 3.41. The maximum atomic E-state index is 12.8. The first-order chi connectivity index (χ1) is 12.0. The van der Waals surface area contributed by atoms with Gasteiger partial charge in [0.05, 0.1) is 11.5 Å². The molecule has 132 valence electrons.